The molecule has 2 heterocycles. The van der Waals surface area contributed by atoms with Crippen LogP contribution in [0.3, 0.4) is 0 Å². The monoisotopic (exact) mass is 478 g/mol. The Bertz CT molecular complexity index is 1480. The van der Waals surface area contributed by atoms with Crippen LogP contribution in [0, 0.1) is 11.6 Å². The standard InChI is InChI=1S/C23H13BrF2N4O/c24-14-11-9-13(10-12-14)21-27-19-22(30(21)15-5-2-1-3-6-15)28-20(29-23(19)31)16-7-4-8-17(25)18(16)26/h1-12H,(H,28,29,31). The Labute approximate surface area is 183 Å². The maximum atomic E-state index is 14.4. The molecule has 5 aromatic rings. The summed E-state index contributed by atoms with van der Waals surface area (Å²) in [6.45, 7) is 0. The molecule has 2 aromatic heterocycles. The largest absolute Gasteiger partial charge is 0.304 e. The number of hydrogen-bond acceptors (Lipinski definition) is 3. The van der Waals surface area contributed by atoms with Gasteiger partial charge >= 0.3 is 0 Å². The molecule has 5 rings (SSSR count). The van der Waals surface area contributed by atoms with Gasteiger partial charge in [0.2, 0.25) is 0 Å². The Morgan fingerprint density at radius 1 is 0.871 bits per heavy atom. The zero-order valence-electron chi connectivity index (χ0n) is 15.8. The zero-order valence-corrected chi connectivity index (χ0v) is 17.4. The first kappa shape index (κ1) is 19.3. The summed E-state index contributed by atoms with van der Waals surface area (Å²) in [7, 11) is 0. The lowest BCUT2D eigenvalue weighted by atomic mass is 10.2. The molecule has 31 heavy (non-hydrogen) atoms. The lowest BCUT2D eigenvalue weighted by Gasteiger charge is -2.10. The molecule has 1 N–H and O–H groups in total. The molecular formula is C23H13BrF2N4O. The van der Waals surface area contributed by atoms with E-state index in [1.807, 2.05) is 54.6 Å². The quantitative estimate of drug-likeness (QED) is 0.373. The van der Waals surface area contributed by atoms with Crippen molar-refractivity contribution in [1.82, 2.24) is 19.5 Å². The predicted octanol–water partition coefficient (Wildman–Crippen LogP) is 5.48. The van der Waals surface area contributed by atoms with Crippen LogP contribution in [0.25, 0.3) is 39.6 Å². The molecule has 3 aromatic carbocycles. The van der Waals surface area contributed by atoms with E-state index in [-0.39, 0.29) is 22.6 Å². The Balaban J connectivity index is 1.85. The number of H-pyrrole nitrogens is 1. The van der Waals surface area contributed by atoms with Crippen LogP contribution in [0.15, 0.2) is 82.1 Å². The highest BCUT2D eigenvalue weighted by molar-refractivity contribution is 9.10. The Morgan fingerprint density at radius 2 is 1.61 bits per heavy atom. The van der Waals surface area contributed by atoms with E-state index in [9.17, 15) is 13.6 Å². The van der Waals surface area contributed by atoms with E-state index >= 15 is 0 Å². The van der Waals surface area contributed by atoms with Crippen molar-refractivity contribution < 1.29 is 8.78 Å². The molecule has 0 unspecified atom stereocenters. The van der Waals surface area contributed by atoms with Gasteiger partial charge in [0.05, 0.1) is 5.56 Å². The van der Waals surface area contributed by atoms with E-state index in [0.29, 0.717) is 5.82 Å². The maximum Gasteiger partial charge on any atom is 0.279 e. The summed E-state index contributed by atoms with van der Waals surface area (Å²) >= 11 is 3.42. The number of imidazole rings is 1. The van der Waals surface area contributed by atoms with Gasteiger partial charge in [0.1, 0.15) is 11.6 Å². The summed E-state index contributed by atoms with van der Waals surface area (Å²) in [5.74, 6) is -1.67. The molecule has 0 amide bonds. The minimum atomic E-state index is -1.08. The molecule has 152 valence electrons. The molecule has 0 fully saturated rings. The van der Waals surface area contributed by atoms with Crippen molar-refractivity contribution in [3.63, 3.8) is 0 Å². The summed E-state index contributed by atoms with van der Waals surface area (Å²) in [6, 6.07) is 20.5. The first-order valence-electron chi connectivity index (χ1n) is 9.31. The van der Waals surface area contributed by atoms with Gasteiger partial charge in [0.25, 0.3) is 5.56 Å². The molecule has 0 aliphatic carbocycles. The first-order valence-corrected chi connectivity index (χ1v) is 10.1. The smallest absolute Gasteiger partial charge is 0.279 e. The van der Waals surface area contributed by atoms with E-state index in [2.05, 4.69) is 30.9 Å². The van der Waals surface area contributed by atoms with Crippen LogP contribution >= 0.6 is 15.9 Å². The Morgan fingerprint density at radius 3 is 2.35 bits per heavy atom. The second-order valence-electron chi connectivity index (χ2n) is 6.80. The van der Waals surface area contributed by atoms with Crippen molar-refractivity contribution >= 4 is 27.1 Å². The number of halogens is 3. The van der Waals surface area contributed by atoms with Gasteiger partial charge in [-0.15, -0.1) is 0 Å². The van der Waals surface area contributed by atoms with Gasteiger partial charge in [0, 0.05) is 15.7 Å². The van der Waals surface area contributed by atoms with Crippen LogP contribution in [0.5, 0.6) is 0 Å². The maximum absolute atomic E-state index is 14.4. The second-order valence-corrected chi connectivity index (χ2v) is 7.72. The fourth-order valence-corrected chi connectivity index (χ4v) is 3.66. The SMILES string of the molecule is O=c1[nH]c(-c2cccc(F)c2F)nc2c1nc(-c1ccc(Br)cc1)n2-c1ccccc1. The van der Waals surface area contributed by atoms with Gasteiger partial charge in [0.15, 0.2) is 22.8 Å². The second kappa shape index (κ2) is 7.55. The van der Waals surface area contributed by atoms with Crippen molar-refractivity contribution in [2.24, 2.45) is 0 Å². The minimum Gasteiger partial charge on any atom is -0.304 e. The number of hydrogen-bond donors (Lipinski definition) is 1. The van der Waals surface area contributed by atoms with Crippen LogP contribution in [0.4, 0.5) is 8.78 Å². The molecule has 0 spiro atoms. The Hall–Kier alpha value is -3.65. The first-order chi connectivity index (χ1) is 15.0. The third-order valence-electron chi connectivity index (χ3n) is 4.84. The van der Waals surface area contributed by atoms with Crippen molar-refractivity contribution in [2.75, 3.05) is 0 Å². The topological polar surface area (TPSA) is 63.6 Å². The molecular weight excluding hydrogens is 466 g/mol. The number of aromatic nitrogens is 4. The van der Waals surface area contributed by atoms with E-state index in [4.69, 9.17) is 0 Å². The molecule has 0 saturated carbocycles. The lowest BCUT2D eigenvalue weighted by molar-refractivity contribution is 0.510. The number of para-hydroxylation sites is 1. The number of rotatable bonds is 3. The average Bonchev–Trinajstić information content (AvgIpc) is 3.17. The van der Waals surface area contributed by atoms with E-state index in [1.165, 1.54) is 12.1 Å². The van der Waals surface area contributed by atoms with Gasteiger partial charge < -0.3 is 4.98 Å². The molecule has 5 nitrogen and oxygen atoms in total. The number of fused-ring (bicyclic) bond motifs is 1. The van der Waals surface area contributed by atoms with E-state index in [0.717, 1.165) is 21.8 Å². The molecule has 0 aliphatic heterocycles. The predicted molar refractivity (Wildman–Crippen MR) is 118 cm³/mol. The van der Waals surface area contributed by atoms with Gasteiger partial charge in [-0.1, -0.05) is 52.3 Å². The average molecular weight is 479 g/mol. The zero-order chi connectivity index (χ0) is 21.5. The number of nitrogens with one attached hydrogen (secondary N) is 1. The Kier molecular flexibility index (Phi) is 4.71. The highest BCUT2D eigenvalue weighted by Gasteiger charge is 2.20. The summed E-state index contributed by atoms with van der Waals surface area (Å²) < 4.78 is 30.8. The van der Waals surface area contributed by atoms with Crippen LogP contribution < -0.4 is 5.56 Å². The summed E-state index contributed by atoms with van der Waals surface area (Å²) in [6.07, 6.45) is 0. The van der Waals surface area contributed by atoms with E-state index in [1.54, 1.807) is 4.57 Å². The lowest BCUT2D eigenvalue weighted by Crippen LogP contribution is -2.11. The highest BCUT2D eigenvalue weighted by Crippen LogP contribution is 2.29. The van der Waals surface area contributed by atoms with Crippen molar-refractivity contribution in [1.29, 1.82) is 0 Å². The normalized spacial score (nSPS) is 11.2. The van der Waals surface area contributed by atoms with Crippen molar-refractivity contribution in [3.8, 4) is 28.5 Å². The molecule has 8 heteroatoms. The highest BCUT2D eigenvalue weighted by atomic mass is 79.9. The third kappa shape index (κ3) is 3.34. The number of benzene rings is 3. The van der Waals surface area contributed by atoms with Gasteiger partial charge in [-0.25, -0.2) is 18.7 Å². The minimum absolute atomic E-state index is 0.0751. The van der Waals surface area contributed by atoms with Crippen molar-refractivity contribution in [2.45, 2.75) is 0 Å². The summed E-state index contributed by atoms with van der Waals surface area (Å²) in [5, 5.41) is 0. The molecule has 0 atom stereocenters. The van der Waals surface area contributed by atoms with Crippen LogP contribution in [0.1, 0.15) is 0 Å². The van der Waals surface area contributed by atoms with Gasteiger partial charge in [-0.05, 0) is 36.4 Å². The van der Waals surface area contributed by atoms with E-state index < -0.39 is 17.2 Å². The van der Waals surface area contributed by atoms with Crippen LogP contribution in [0.2, 0.25) is 0 Å². The van der Waals surface area contributed by atoms with Crippen LogP contribution in [-0.2, 0) is 0 Å². The molecule has 0 bridgehead atoms. The van der Waals surface area contributed by atoms with Gasteiger partial charge in [-0.2, -0.15) is 0 Å². The number of nitrogens with zero attached hydrogens (tertiary/aromatic N) is 3. The van der Waals surface area contributed by atoms with Gasteiger partial charge in [-0.3, -0.25) is 9.36 Å². The summed E-state index contributed by atoms with van der Waals surface area (Å²) in [5.41, 5.74) is 1.16. The fourth-order valence-electron chi connectivity index (χ4n) is 3.40. The molecule has 0 aliphatic rings. The molecule has 0 saturated heterocycles. The molecule has 0 radical (unpaired) electrons. The third-order valence-corrected chi connectivity index (χ3v) is 5.37. The van der Waals surface area contributed by atoms with Crippen molar-refractivity contribution in [3.05, 3.63) is 99.3 Å². The fraction of sp³-hybridized carbons (Fsp3) is 0. The van der Waals surface area contributed by atoms with Crippen LogP contribution in [-0.4, -0.2) is 19.5 Å². The summed E-state index contributed by atoms with van der Waals surface area (Å²) in [4.78, 5) is 24.4. The number of aromatic amines is 1.